The van der Waals surface area contributed by atoms with Crippen LogP contribution in [0.3, 0.4) is 0 Å². The first-order valence-corrected chi connectivity index (χ1v) is 5.44. The van der Waals surface area contributed by atoms with Crippen molar-refractivity contribution < 1.29 is 5.11 Å². The maximum absolute atomic E-state index is 9.70. The van der Waals surface area contributed by atoms with Gasteiger partial charge in [-0.05, 0) is 18.9 Å². The van der Waals surface area contributed by atoms with E-state index < -0.39 is 0 Å². The standard InChI is InChI=1S/C10H20N2O/c1-2-8-3-4-12(7-8)9-5-11-6-10(9)13/h8-11,13H,2-7H2,1H3/t8?,9-,10-/m1/s1. The maximum Gasteiger partial charge on any atom is 0.0831 e. The third-order valence-electron chi connectivity index (χ3n) is 3.51. The Kier molecular flexibility index (Phi) is 2.86. The number of nitrogens with one attached hydrogen (secondary N) is 1. The van der Waals surface area contributed by atoms with Gasteiger partial charge >= 0.3 is 0 Å². The van der Waals surface area contributed by atoms with Gasteiger partial charge in [0.25, 0.3) is 0 Å². The van der Waals surface area contributed by atoms with Crippen molar-refractivity contribution in [2.75, 3.05) is 26.2 Å². The molecule has 0 spiro atoms. The van der Waals surface area contributed by atoms with E-state index >= 15 is 0 Å². The monoisotopic (exact) mass is 184 g/mol. The molecular weight excluding hydrogens is 164 g/mol. The van der Waals surface area contributed by atoms with Crippen LogP contribution in [0.25, 0.3) is 0 Å². The lowest BCUT2D eigenvalue weighted by atomic mass is 10.1. The summed E-state index contributed by atoms with van der Waals surface area (Å²) in [6, 6.07) is 0.386. The Hall–Kier alpha value is -0.120. The van der Waals surface area contributed by atoms with Crippen LogP contribution in [-0.2, 0) is 0 Å². The van der Waals surface area contributed by atoms with Crippen molar-refractivity contribution in [2.24, 2.45) is 5.92 Å². The fourth-order valence-corrected chi connectivity index (χ4v) is 2.52. The van der Waals surface area contributed by atoms with Crippen LogP contribution in [0.15, 0.2) is 0 Å². The largest absolute Gasteiger partial charge is 0.390 e. The number of aliphatic hydroxyl groups excluding tert-OH is 1. The lowest BCUT2D eigenvalue weighted by molar-refractivity contribution is 0.0960. The fraction of sp³-hybridized carbons (Fsp3) is 1.00. The Labute approximate surface area is 80.1 Å². The predicted molar refractivity (Wildman–Crippen MR) is 52.6 cm³/mol. The highest BCUT2D eigenvalue weighted by Crippen LogP contribution is 2.23. The van der Waals surface area contributed by atoms with E-state index in [1.807, 2.05) is 0 Å². The van der Waals surface area contributed by atoms with Gasteiger partial charge in [0.1, 0.15) is 0 Å². The van der Waals surface area contributed by atoms with Gasteiger partial charge in [0.2, 0.25) is 0 Å². The summed E-state index contributed by atoms with van der Waals surface area (Å²) in [5.41, 5.74) is 0. The molecular formula is C10H20N2O. The van der Waals surface area contributed by atoms with E-state index in [1.165, 1.54) is 25.9 Å². The summed E-state index contributed by atoms with van der Waals surface area (Å²) in [7, 11) is 0. The van der Waals surface area contributed by atoms with Gasteiger partial charge in [-0.15, -0.1) is 0 Å². The van der Waals surface area contributed by atoms with Gasteiger partial charge in [-0.2, -0.15) is 0 Å². The molecule has 0 aliphatic carbocycles. The van der Waals surface area contributed by atoms with Crippen LogP contribution in [-0.4, -0.2) is 48.3 Å². The van der Waals surface area contributed by atoms with Gasteiger partial charge < -0.3 is 10.4 Å². The molecule has 2 saturated heterocycles. The summed E-state index contributed by atoms with van der Waals surface area (Å²) in [5, 5.41) is 12.9. The van der Waals surface area contributed by atoms with Crippen molar-refractivity contribution >= 4 is 0 Å². The smallest absolute Gasteiger partial charge is 0.0831 e. The van der Waals surface area contributed by atoms with Gasteiger partial charge in [-0.3, -0.25) is 4.90 Å². The highest BCUT2D eigenvalue weighted by atomic mass is 16.3. The summed E-state index contributed by atoms with van der Waals surface area (Å²) in [5.74, 6) is 0.868. The second-order valence-corrected chi connectivity index (χ2v) is 4.35. The zero-order valence-corrected chi connectivity index (χ0v) is 8.37. The van der Waals surface area contributed by atoms with E-state index in [-0.39, 0.29) is 6.10 Å². The number of likely N-dealkylation sites (tertiary alicyclic amines) is 1. The molecule has 0 amide bonds. The third kappa shape index (κ3) is 1.87. The average Bonchev–Trinajstić information content (AvgIpc) is 2.71. The molecule has 0 aromatic rings. The van der Waals surface area contributed by atoms with Gasteiger partial charge in [-0.25, -0.2) is 0 Å². The molecule has 13 heavy (non-hydrogen) atoms. The van der Waals surface area contributed by atoms with Crippen molar-refractivity contribution in [3.63, 3.8) is 0 Å². The van der Waals surface area contributed by atoms with Crippen molar-refractivity contribution in [1.82, 2.24) is 10.2 Å². The molecule has 2 rings (SSSR count). The van der Waals surface area contributed by atoms with E-state index in [4.69, 9.17) is 0 Å². The van der Waals surface area contributed by atoms with Gasteiger partial charge in [-0.1, -0.05) is 13.3 Å². The van der Waals surface area contributed by atoms with Crippen LogP contribution < -0.4 is 5.32 Å². The molecule has 3 nitrogen and oxygen atoms in total. The maximum atomic E-state index is 9.70. The number of hydrogen-bond acceptors (Lipinski definition) is 3. The normalized spacial score (nSPS) is 41.5. The van der Waals surface area contributed by atoms with Crippen LogP contribution in [0.1, 0.15) is 19.8 Å². The SMILES string of the molecule is CCC1CCN([C@@H]2CNC[C@H]2O)C1. The molecule has 1 unspecified atom stereocenters. The molecule has 2 heterocycles. The molecule has 2 N–H and O–H groups in total. The molecule has 0 bridgehead atoms. The molecule has 0 saturated carbocycles. The molecule has 2 aliphatic rings. The van der Waals surface area contributed by atoms with Gasteiger partial charge in [0, 0.05) is 25.7 Å². The number of hydrogen-bond donors (Lipinski definition) is 2. The highest BCUT2D eigenvalue weighted by Gasteiger charge is 2.34. The van der Waals surface area contributed by atoms with Crippen molar-refractivity contribution in [3.05, 3.63) is 0 Å². The lowest BCUT2D eigenvalue weighted by Gasteiger charge is -2.25. The molecule has 0 aromatic heterocycles. The Bertz CT molecular complexity index is 174. The van der Waals surface area contributed by atoms with Crippen molar-refractivity contribution in [3.8, 4) is 0 Å². The molecule has 2 aliphatic heterocycles. The molecule has 0 aromatic carbocycles. The van der Waals surface area contributed by atoms with Crippen molar-refractivity contribution in [1.29, 1.82) is 0 Å². The number of aliphatic hydroxyl groups is 1. The number of β-amino-alcohol motifs (C(OH)–C–C–N with tert-alkyl or cyclic N) is 1. The van der Waals surface area contributed by atoms with Crippen LogP contribution in [0.2, 0.25) is 0 Å². The number of nitrogens with zero attached hydrogens (tertiary/aromatic N) is 1. The molecule has 3 heteroatoms. The van der Waals surface area contributed by atoms with Crippen LogP contribution >= 0.6 is 0 Å². The molecule has 76 valence electrons. The van der Waals surface area contributed by atoms with E-state index in [1.54, 1.807) is 0 Å². The molecule has 0 radical (unpaired) electrons. The summed E-state index contributed by atoms with van der Waals surface area (Å²) >= 11 is 0. The Morgan fingerprint density at radius 1 is 1.46 bits per heavy atom. The van der Waals surface area contributed by atoms with Gasteiger partial charge in [0.05, 0.1) is 6.10 Å². The Morgan fingerprint density at radius 3 is 2.85 bits per heavy atom. The van der Waals surface area contributed by atoms with E-state index in [9.17, 15) is 5.11 Å². The molecule has 3 atom stereocenters. The summed E-state index contributed by atoms with van der Waals surface area (Å²) < 4.78 is 0. The van der Waals surface area contributed by atoms with E-state index in [2.05, 4.69) is 17.1 Å². The minimum absolute atomic E-state index is 0.143. The topological polar surface area (TPSA) is 35.5 Å². The average molecular weight is 184 g/mol. The number of rotatable bonds is 2. The Balaban J connectivity index is 1.88. The highest BCUT2D eigenvalue weighted by molar-refractivity contribution is 4.91. The lowest BCUT2D eigenvalue weighted by Crippen LogP contribution is -2.41. The fourth-order valence-electron chi connectivity index (χ4n) is 2.52. The zero-order chi connectivity index (χ0) is 9.26. The summed E-state index contributed by atoms with van der Waals surface area (Å²) in [6.45, 7) is 6.38. The van der Waals surface area contributed by atoms with E-state index in [0.29, 0.717) is 6.04 Å². The molecule has 2 fully saturated rings. The quantitative estimate of drug-likeness (QED) is 0.636. The second kappa shape index (κ2) is 3.95. The first-order valence-electron chi connectivity index (χ1n) is 5.44. The Morgan fingerprint density at radius 2 is 2.31 bits per heavy atom. The van der Waals surface area contributed by atoms with Crippen LogP contribution in [0.5, 0.6) is 0 Å². The minimum atomic E-state index is -0.143. The zero-order valence-electron chi connectivity index (χ0n) is 8.37. The second-order valence-electron chi connectivity index (χ2n) is 4.35. The van der Waals surface area contributed by atoms with Crippen molar-refractivity contribution in [2.45, 2.75) is 31.9 Å². The summed E-state index contributed by atoms with van der Waals surface area (Å²) in [6.07, 6.45) is 2.46. The first kappa shape index (κ1) is 9.44. The summed E-state index contributed by atoms with van der Waals surface area (Å²) in [4.78, 5) is 2.46. The van der Waals surface area contributed by atoms with Crippen LogP contribution in [0, 0.1) is 5.92 Å². The van der Waals surface area contributed by atoms with E-state index in [0.717, 1.165) is 19.0 Å². The van der Waals surface area contributed by atoms with Crippen LogP contribution in [0.4, 0.5) is 0 Å². The predicted octanol–water partition coefficient (Wildman–Crippen LogP) is 0.0510. The first-order chi connectivity index (χ1) is 6.31. The third-order valence-corrected chi connectivity index (χ3v) is 3.51. The minimum Gasteiger partial charge on any atom is -0.390 e. The van der Waals surface area contributed by atoms with Gasteiger partial charge in [0.15, 0.2) is 0 Å².